The first kappa shape index (κ1) is 21.9. The molecule has 0 radical (unpaired) electrons. The van der Waals surface area contributed by atoms with Crippen LogP contribution in [0.4, 0.5) is 0 Å². The fraction of sp³-hybridized carbons (Fsp3) is 0.440. The van der Waals surface area contributed by atoms with Gasteiger partial charge >= 0.3 is 0 Å². The SMILES string of the molecule is CCCN(C(=O)COc1ccc(CC)cc1)C1CCN(C(=O)c2ccccc2)CC1. The molecule has 0 aliphatic carbocycles. The number of ether oxygens (including phenoxy) is 1. The third kappa shape index (κ3) is 5.62. The molecule has 0 saturated carbocycles. The zero-order valence-corrected chi connectivity index (χ0v) is 18.0. The molecule has 0 aromatic heterocycles. The molecule has 0 N–H and O–H groups in total. The number of amides is 2. The summed E-state index contributed by atoms with van der Waals surface area (Å²) in [6, 6.07) is 17.5. The minimum Gasteiger partial charge on any atom is -0.484 e. The van der Waals surface area contributed by atoms with Gasteiger partial charge in [0.1, 0.15) is 5.75 Å². The molecule has 1 aliphatic rings. The number of rotatable bonds is 8. The van der Waals surface area contributed by atoms with Gasteiger partial charge in [0, 0.05) is 31.2 Å². The predicted octanol–water partition coefficient (Wildman–Crippen LogP) is 4.17. The maximum atomic E-state index is 12.9. The largest absolute Gasteiger partial charge is 0.484 e. The maximum absolute atomic E-state index is 12.9. The molecule has 2 aromatic carbocycles. The number of likely N-dealkylation sites (tertiary alicyclic amines) is 1. The van der Waals surface area contributed by atoms with Gasteiger partial charge in [0.05, 0.1) is 0 Å². The molecular formula is C25H32N2O3. The predicted molar refractivity (Wildman–Crippen MR) is 119 cm³/mol. The van der Waals surface area contributed by atoms with Crippen molar-refractivity contribution in [1.29, 1.82) is 0 Å². The molecule has 0 atom stereocenters. The molecule has 0 spiro atoms. The molecule has 0 unspecified atom stereocenters. The average molecular weight is 409 g/mol. The van der Waals surface area contributed by atoms with Crippen LogP contribution < -0.4 is 4.74 Å². The zero-order valence-electron chi connectivity index (χ0n) is 18.0. The normalized spacial score (nSPS) is 14.4. The van der Waals surface area contributed by atoms with Gasteiger partial charge in [-0.1, -0.05) is 44.2 Å². The molecule has 5 heteroatoms. The van der Waals surface area contributed by atoms with Gasteiger partial charge in [-0.2, -0.15) is 0 Å². The average Bonchev–Trinajstić information content (AvgIpc) is 2.81. The van der Waals surface area contributed by atoms with E-state index in [0.717, 1.165) is 37.0 Å². The summed E-state index contributed by atoms with van der Waals surface area (Å²) < 4.78 is 5.75. The van der Waals surface area contributed by atoms with E-state index in [1.807, 2.05) is 64.4 Å². The molecule has 2 aromatic rings. The van der Waals surface area contributed by atoms with E-state index in [2.05, 4.69) is 13.8 Å². The number of carbonyl (C=O) groups excluding carboxylic acids is 2. The summed E-state index contributed by atoms with van der Waals surface area (Å²) in [5.74, 6) is 0.811. The van der Waals surface area contributed by atoms with Crippen LogP contribution in [-0.2, 0) is 11.2 Å². The van der Waals surface area contributed by atoms with Gasteiger partial charge in [-0.25, -0.2) is 0 Å². The van der Waals surface area contributed by atoms with Crippen LogP contribution in [0.15, 0.2) is 54.6 Å². The van der Waals surface area contributed by atoms with E-state index in [-0.39, 0.29) is 24.5 Å². The fourth-order valence-electron chi connectivity index (χ4n) is 3.95. The van der Waals surface area contributed by atoms with Crippen molar-refractivity contribution in [3.8, 4) is 5.75 Å². The van der Waals surface area contributed by atoms with Crippen LogP contribution in [0.2, 0.25) is 0 Å². The van der Waals surface area contributed by atoms with Crippen LogP contribution in [0.25, 0.3) is 0 Å². The second kappa shape index (κ2) is 10.8. The number of carbonyl (C=O) groups is 2. The van der Waals surface area contributed by atoms with Gasteiger partial charge in [0.25, 0.3) is 11.8 Å². The Morgan fingerprint density at radius 1 is 1.00 bits per heavy atom. The molecule has 160 valence electrons. The van der Waals surface area contributed by atoms with Crippen LogP contribution in [-0.4, -0.2) is 53.9 Å². The lowest BCUT2D eigenvalue weighted by atomic mass is 10.0. The van der Waals surface area contributed by atoms with Gasteiger partial charge in [-0.05, 0) is 55.5 Å². The number of hydrogen-bond donors (Lipinski definition) is 0. The number of benzene rings is 2. The maximum Gasteiger partial charge on any atom is 0.260 e. The van der Waals surface area contributed by atoms with Crippen LogP contribution >= 0.6 is 0 Å². The third-order valence-corrected chi connectivity index (χ3v) is 5.69. The second-order valence-corrected chi connectivity index (χ2v) is 7.76. The zero-order chi connectivity index (χ0) is 21.3. The van der Waals surface area contributed by atoms with E-state index in [0.29, 0.717) is 19.6 Å². The highest BCUT2D eigenvalue weighted by molar-refractivity contribution is 5.94. The minimum atomic E-state index is 0.0178. The third-order valence-electron chi connectivity index (χ3n) is 5.69. The molecule has 0 bridgehead atoms. The van der Waals surface area contributed by atoms with Crippen LogP contribution in [0, 0.1) is 0 Å². The topological polar surface area (TPSA) is 49.9 Å². The molecule has 1 saturated heterocycles. The molecular weight excluding hydrogens is 376 g/mol. The van der Waals surface area contributed by atoms with Crippen molar-refractivity contribution in [2.24, 2.45) is 0 Å². The van der Waals surface area contributed by atoms with Crippen molar-refractivity contribution in [2.45, 2.75) is 45.6 Å². The number of aryl methyl sites for hydroxylation is 1. The standard InChI is InChI=1S/C25H32N2O3/c1-3-16-27(24(28)19-30-23-12-10-20(4-2)11-13-23)22-14-17-26(18-15-22)25(29)21-8-6-5-7-9-21/h5-13,22H,3-4,14-19H2,1-2H3. The highest BCUT2D eigenvalue weighted by atomic mass is 16.5. The van der Waals surface area contributed by atoms with Gasteiger partial charge in [0.2, 0.25) is 0 Å². The first-order valence-corrected chi connectivity index (χ1v) is 11.0. The number of nitrogens with zero attached hydrogens (tertiary/aromatic N) is 2. The van der Waals surface area contributed by atoms with Crippen molar-refractivity contribution in [1.82, 2.24) is 9.80 Å². The van der Waals surface area contributed by atoms with Crippen molar-refractivity contribution in [2.75, 3.05) is 26.2 Å². The van der Waals surface area contributed by atoms with Crippen LogP contribution in [0.1, 0.15) is 49.0 Å². The lowest BCUT2D eigenvalue weighted by Crippen LogP contribution is -2.50. The fourth-order valence-corrected chi connectivity index (χ4v) is 3.95. The Bertz CT molecular complexity index is 812. The molecule has 30 heavy (non-hydrogen) atoms. The lowest BCUT2D eigenvalue weighted by molar-refractivity contribution is -0.136. The molecule has 1 heterocycles. The smallest absolute Gasteiger partial charge is 0.260 e. The van der Waals surface area contributed by atoms with Crippen LogP contribution in [0.3, 0.4) is 0 Å². The number of piperidine rings is 1. The summed E-state index contributed by atoms with van der Waals surface area (Å²) in [6.45, 7) is 6.30. The molecule has 1 aliphatic heterocycles. The highest BCUT2D eigenvalue weighted by Crippen LogP contribution is 2.20. The van der Waals surface area contributed by atoms with Crippen molar-refractivity contribution in [3.63, 3.8) is 0 Å². The molecule has 3 rings (SSSR count). The Kier molecular flexibility index (Phi) is 7.89. The first-order valence-electron chi connectivity index (χ1n) is 11.0. The van der Waals surface area contributed by atoms with Crippen molar-refractivity contribution in [3.05, 3.63) is 65.7 Å². The van der Waals surface area contributed by atoms with Gasteiger partial charge in [-0.15, -0.1) is 0 Å². The van der Waals surface area contributed by atoms with E-state index in [1.54, 1.807) is 0 Å². The van der Waals surface area contributed by atoms with Gasteiger partial charge in [0.15, 0.2) is 6.61 Å². The quantitative estimate of drug-likeness (QED) is 0.659. The molecule has 5 nitrogen and oxygen atoms in total. The molecule has 2 amide bonds. The summed E-state index contributed by atoms with van der Waals surface area (Å²) in [5, 5.41) is 0. The minimum absolute atomic E-state index is 0.0178. The Morgan fingerprint density at radius 2 is 1.67 bits per heavy atom. The van der Waals surface area contributed by atoms with Crippen LogP contribution in [0.5, 0.6) is 5.75 Å². The Morgan fingerprint density at radius 3 is 2.27 bits per heavy atom. The monoisotopic (exact) mass is 408 g/mol. The lowest BCUT2D eigenvalue weighted by Gasteiger charge is -2.38. The van der Waals surface area contributed by atoms with E-state index in [4.69, 9.17) is 4.74 Å². The summed E-state index contributed by atoms with van der Waals surface area (Å²) in [6.07, 6.45) is 3.49. The Labute approximate surface area is 179 Å². The first-order chi connectivity index (χ1) is 14.6. The molecule has 1 fully saturated rings. The summed E-state index contributed by atoms with van der Waals surface area (Å²) in [5.41, 5.74) is 1.97. The van der Waals surface area contributed by atoms with E-state index >= 15 is 0 Å². The summed E-state index contributed by atoms with van der Waals surface area (Å²) in [4.78, 5) is 29.4. The second-order valence-electron chi connectivity index (χ2n) is 7.76. The van der Waals surface area contributed by atoms with Gasteiger partial charge < -0.3 is 14.5 Å². The van der Waals surface area contributed by atoms with Gasteiger partial charge in [-0.3, -0.25) is 9.59 Å². The number of hydrogen-bond acceptors (Lipinski definition) is 3. The van der Waals surface area contributed by atoms with E-state index in [1.165, 1.54) is 5.56 Å². The van der Waals surface area contributed by atoms with Crippen molar-refractivity contribution >= 4 is 11.8 Å². The highest BCUT2D eigenvalue weighted by Gasteiger charge is 2.29. The summed E-state index contributed by atoms with van der Waals surface area (Å²) in [7, 11) is 0. The Balaban J connectivity index is 1.54. The van der Waals surface area contributed by atoms with E-state index in [9.17, 15) is 9.59 Å². The Hall–Kier alpha value is -2.82. The van der Waals surface area contributed by atoms with Crippen molar-refractivity contribution < 1.29 is 14.3 Å². The van der Waals surface area contributed by atoms with E-state index < -0.39 is 0 Å². The summed E-state index contributed by atoms with van der Waals surface area (Å²) >= 11 is 0.